The molecular formula is C21H21N7O2S. The third-order valence-electron chi connectivity index (χ3n) is 4.64. The van der Waals surface area contributed by atoms with E-state index in [1.807, 2.05) is 6.07 Å². The van der Waals surface area contributed by atoms with E-state index in [-0.39, 0.29) is 11.8 Å². The summed E-state index contributed by atoms with van der Waals surface area (Å²) in [5.41, 5.74) is 1.62. The minimum Gasteiger partial charge on any atom is -0.355 e. The molecule has 0 atom stereocenters. The van der Waals surface area contributed by atoms with Crippen LogP contribution in [0, 0.1) is 12.3 Å². The molecule has 3 aromatic rings. The summed E-state index contributed by atoms with van der Waals surface area (Å²) in [5, 5.41) is 15.9. The lowest BCUT2D eigenvalue weighted by molar-refractivity contribution is -0.118. The molecule has 1 aliphatic carbocycles. The largest absolute Gasteiger partial charge is 0.355 e. The summed E-state index contributed by atoms with van der Waals surface area (Å²) in [6.07, 6.45) is 9.53. The molecule has 1 fully saturated rings. The molecule has 0 radical (unpaired) electrons. The van der Waals surface area contributed by atoms with Crippen molar-refractivity contribution in [1.29, 1.82) is 0 Å². The number of aromatic nitrogens is 4. The Morgan fingerprint density at radius 1 is 1.29 bits per heavy atom. The second kappa shape index (κ2) is 8.97. The second-order valence-electron chi connectivity index (χ2n) is 7.11. The molecule has 1 aliphatic rings. The monoisotopic (exact) mass is 435 g/mol. The van der Waals surface area contributed by atoms with Crippen LogP contribution in [0.5, 0.6) is 0 Å². The third-order valence-corrected chi connectivity index (χ3v) is 5.72. The molecule has 10 heteroatoms. The van der Waals surface area contributed by atoms with E-state index in [1.54, 1.807) is 18.3 Å². The molecule has 0 bridgehead atoms. The number of carbonyl (C=O) groups is 2. The number of nitrogens with zero attached hydrogens (tertiary/aromatic N) is 3. The van der Waals surface area contributed by atoms with Gasteiger partial charge in [-0.1, -0.05) is 5.92 Å². The summed E-state index contributed by atoms with van der Waals surface area (Å²) < 4.78 is 0. The van der Waals surface area contributed by atoms with Gasteiger partial charge in [-0.2, -0.15) is 5.10 Å². The lowest BCUT2D eigenvalue weighted by Crippen LogP contribution is -2.33. The molecule has 4 N–H and O–H groups in total. The van der Waals surface area contributed by atoms with E-state index in [4.69, 9.17) is 6.42 Å². The van der Waals surface area contributed by atoms with Crippen molar-refractivity contribution in [3.8, 4) is 23.0 Å². The van der Waals surface area contributed by atoms with E-state index >= 15 is 0 Å². The number of carbonyl (C=O) groups excluding carboxylic acids is 2. The van der Waals surface area contributed by atoms with Crippen molar-refractivity contribution >= 4 is 34.8 Å². The average Bonchev–Trinajstić information content (AvgIpc) is 3.30. The van der Waals surface area contributed by atoms with Crippen molar-refractivity contribution in [1.82, 2.24) is 30.8 Å². The van der Waals surface area contributed by atoms with E-state index in [0.29, 0.717) is 46.9 Å². The molecule has 1 saturated carbocycles. The molecule has 9 nitrogen and oxygen atoms in total. The van der Waals surface area contributed by atoms with Gasteiger partial charge in [0.1, 0.15) is 0 Å². The minimum absolute atomic E-state index is 0.136. The number of terminal acetylenes is 1. The Balaban J connectivity index is 1.47. The van der Waals surface area contributed by atoms with Crippen molar-refractivity contribution in [3.63, 3.8) is 0 Å². The van der Waals surface area contributed by atoms with Crippen LogP contribution in [-0.4, -0.2) is 45.1 Å². The number of nitrogens with one attached hydrogen (secondary N) is 4. The number of aromatic amines is 1. The minimum atomic E-state index is -0.218. The average molecular weight is 436 g/mol. The van der Waals surface area contributed by atoms with Crippen molar-refractivity contribution in [3.05, 3.63) is 40.5 Å². The molecule has 2 amide bonds. The molecule has 0 aliphatic heterocycles. The molecule has 0 spiro atoms. The molecule has 0 unspecified atom stereocenters. The predicted molar refractivity (Wildman–Crippen MR) is 118 cm³/mol. The summed E-state index contributed by atoms with van der Waals surface area (Å²) >= 11 is 1.28. The standard InChI is InChI=1S/C21H21N7O2S/c1-3-13-11-24-20(26-19(13)25-18-10-15(27-28-18)14-4-5-14)16-6-7-17(31-16)21(30)23-9-8-22-12(2)29/h1,6-7,10-11,14H,4-5,8-9H2,2H3,(H,22,29)(H,23,30)(H2,24,25,26,27,28). The lowest BCUT2D eigenvalue weighted by Gasteiger charge is -2.06. The SMILES string of the molecule is C#Cc1cnc(-c2ccc(C(=O)NCCNC(C)=O)s2)nc1Nc1cc(C2CC2)[nH]n1. The van der Waals surface area contributed by atoms with Crippen molar-refractivity contribution < 1.29 is 9.59 Å². The number of rotatable bonds is 8. The van der Waals surface area contributed by atoms with Crippen LogP contribution in [0.25, 0.3) is 10.7 Å². The Bertz CT molecular complexity index is 1160. The first-order chi connectivity index (χ1) is 15.0. The van der Waals surface area contributed by atoms with Gasteiger partial charge in [0.15, 0.2) is 17.5 Å². The summed E-state index contributed by atoms with van der Waals surface area (Å²) in [6.45, 7) is 2.15. The van der Waals surface area contributed by atoms with Crippen LogP contribution in [0.4, 0.5) is 11.6 Å². The van der Waals surface area contributed by atoms with Gasteiger partial charge < -0.3 is 16.0 Å². The quantitative estimate of drug-likeness (QED) is 0.318. The van der Waals surface area contributed by atoms with Crippen LogP contribution in [0.2, 0.25) is 0 Å². The van der Waals surface area contributed by atoms with Crippen LogP contribution >= 0.6 is 11.3 Å². The van der Waals surface area contributed by atoms with Crippen LogP contribution in [0.3, 0.4) is 0 Å². The van der Waals surface area contributed by atoms with Gasteiger partial charge in [0, 0.05) is 43.9 Å². The fourth-order valence-electron chi connectivity index (χ4n) is 2.91. The first-order valence-corrected chi connectivity index (χ1v) is 10.6. The molecule has 31 heavy (non-hydrogen) atoms. The maximum atomic E-state index is 12.3. The number of amides is 2. The molecule has 4 rings (SSSR count). The van der Waals surface area contributed by atoms with Gasteiger partial charge in [0.2, 0.25) is 5.91 Å². The number of thiophene rings is 1. The Hall–Kier alpha value is -3.71. The zero-order valence-corrected chi connectivity index (χ0v) is 17.7. The second-order valence-corrected chi connectivity index (χ2v) is 8.19. The maximum Gasteiger partial charge on any atom is 0.261 e. The van der Waals surface area contributed by atoms with E-state index in [0.717, 1.165) is 10.6 Å². The fraction of sp³-hybridized carbons (Fsp3) is 0.286. The highest BCUT2D eigenvalue weighted by Gasteiger charge is 2.25. The van der Waals surface area contributed by atoms with Gasteiger partial charge in [-0.3, -0.25) is 14.7 Å². The van der Waals surface area contributed by atoms with E-state index < -0.39 is 0 Å². The van der Waals surface area contributed by atoms with Gasteiger partial charge in [-0.05, 0) is 25.0 Å². The van der Waals surface area contributed by atoms with Crippen LogP contribution in [0.15, 0.2) is 24.4 Å². The van der Waals surface area contributed by atoms with E-state index in [1.165, 1.54) is 31.1 Å². The molecule has 0 saturated heterocycles. The highest BCUT2D eigenvalue weighted by Crippen LogP contribution is 2.39. The maximum absolute atomic E-state index is 12.3. The number of hydrogen-bond donors (Lipinski definition) is 4. The van der Waals surface area contributed by atoms with Crippen molar-refractivity contribution in [2.24, 2.45) is 0 Å². The van der Waals surface area contributed by atoms with Gasteiger partial charge in [-0.25, -0.2) is 9.97 Å². The molecule has 158 valence electrons. The fourth-order valence-corrected chi connectivity index (χ4v) is 3.77. The van der Waals surface area contributed by atoms with Gasteiger partial charge in [0.25, 0.3) is 5.91 Å². The molecular weight excluding hydrogens is 414 g/mol. The number of anilines is 2. The highest BCUT2D eigenvalue weighted by atomic mass is 32.1. The van der Waals surface area contributed by atoms with Gasteiger partial charge >= 0.3 is 0 Å². The lowest BCUT2D eigenvalue weighted by atomic mass is 10.3. The Morgan fingerprint density at radius 3 is 2.84 bits per heavy atom. The normalized spacial score (nSPS) is 12.8. The summed E-state index contributed by atoms with van der Waals surface area (Å²) in [5.74, 6) is 4.38. The van der Waals surface area contributed by atoms with Crippen LogP contribution in [0.1, 0.15) is 46.6 Å². The molecule has 3 aromatic heterocycles. The first kappa shape index (κ1) is 20.6. The van der Waals surface area contributed by atoms with Gasteiger partial charge in [-0.15, -0.1) is 17.8 Å². The Kier molecular flexibility index (Phi) is 5.95. The first-order valence-electron chi connectivity index (χ1n) is 9.82. The Labute approximate surface area is 183 Å². The number of H-pyrrole nitrogens is 1. The predicted octanol–water partition coefficient (Wildman–Crippen LogP) is 2.40. The zero-order chi connectivity index (χ0) is 21.8. The van der Waals surface area contributed by atoms with Crippen molar-refractivity contribution in [2.45, 2.75) is 25.7 Å². The summed E-state index contributed by atoms with van der Waals surface area (Å²) in [7, 11) is 0. The zero-order valence-electron chi connectivity index (χ0n) is 16.9. The van der Waals surface area contributed by atoms with E-state index in [9.17, 15) is 9.59 Å². The molecule has 3 heterocycles. The third kappa shape index (κ3) is 5.07. The number of hydrogen-bond acceptors (Lipinski definition) is 7. The summed E-state index contributed by atoms with van der Waals surface area (Å²) in [6, 6.07) is 5.48. The van der Waals surface area contributed by atoms with Crippen molar-refractivity contribution in [2.75, 3.05) is 18.4 Å². The summed E-state index contributed by atoms with van der Waals surface area (Å²) in [4.78, 5) is 33.3. The van der Waals surface area contributed by atoms with Crippen LogP contribution < -0.4 is 16.0 Å². The smallest absolute Gasteiger partial charge is 0.261 e. The van der Waals surface area contributed by atoms with E-state index in [2.05, 4.69) is 42.0 Å². The Morgan fingerprint density at radius 2 is 2.10 bits per heavy atom. The van der Waals surface area contributed by atoms with Gasteiger partial charge in [0.05, 0.1) is 15.3 Å². The molecule has 0 aromatic carbocycles. The van der Waals surface area contributed by atoms with Crippen LogP contribution in [-0.2, 0) is 4.79 Å². The topological polar surface area (TPSA) is 125 Å². The highest BCUT2D eigenvalue weighted by molar-refractivity contribution is 7.17.